The highest BCUT2D eigenvalue weighted by molar-refractivity contribution is 5.93. The molecule has 6 nitrogen and oxygen atoms in total. The molecular formula is C25H30F3N3O3. The minimum atomic E-state index is -4.40. The Kier molecular flexibility index (Phi) is 8.95. The molecule has 1 amide bonds. The van der Waals surface area contributed by atoms with Crippen LogP contribution in [0.5, 0.6) is 5.75 Å². The van der Waals surface area contributed by atoms with Crippen LogP contribution in [0.1, 0.15) is 23.6 Å². The maximum absolute atomic E-state index is 12.7. The van der Waals surface area contributed by atoms with Crippen molar-refractivity contribution in [2.45, 2.75) is 19.5 Å². The number of rotatable bonds is 9. The van der Waals surface area contributed by atoms with Gasteiger partial charge >= 0.3 is 6.18 Å². The number of hydrogen-bond donors (Lipinski definition) is 2. The molecule has 2 aromatic carbocycles. The number of benzene rings is 2. The van der Waals surface area contributed by atoms with E-state index in [1.807, 2.05) is 32.2 Å². The number of hydrogen-bond acceptors (Lipinski definition) is 5. The van der Waals surface area contributed by atoms with Crippen molar-refractivity contribution in [3.63, 3.8) is 0 Å². The third-order valence-corrected chi connectivity index (χ3v) is 5.53. The molecule has 0 saturated carbocycles. The van der Waals surface area contributed by atoms with Gasteiger partial charge in [0.1, 0.15) is 12.4 Å². The zero-order chi connectivity index (χ0) is 24.6. The fraction of sp³-hybridized carbons (Fsp3) is 0.400. The molecule has 1 aliphatic heterocycles. The SMILES string of the molecule is C/C=C(\NC)c1cc(NC(=O)Cc2ccc(C(F)(F)F)cc2)ccc1OCCN1CCOCC1. The van der Waals surface area contributed by atoms with Crippen molar-refractivity contribution in [1.82, 2.24) is 10.2 Å². The molecule has 3 rings (SSSR count). The van der Waals surface area contributed by atoms with E-state index >= 15 is 0 Å². The Labute approximate surface area is 197 Å². The summed E-state index contributed by atoms with van der Waals surface area (Å²) < 4.78 is 49.6. The second-order valence-electron chi connectivity index (χ2n) is 7.89. The van der Waals surface area contributed by atoms with Gasteiger partial charge in [-0.3, -0.25) is 9.69 Å². The maximum atomic E-state index is 12.7. The minimum absolute atomic E-state index is 0.0340. The van der Waals surface area contributed by atoms with Crippen LogP contribution in [0.3, 0.4) is 0 Å². The smallest absolute Gasteiger partial charge is 0.416 e. The van der Waals surface area contributed by atoms with E-state index in [4.69, 9.17) is 9.47 Å². The first-order chi connectivity index (χ1) is 16.3. The van der Waals surface area contributed by atoms with Crippen LogP contribution >= 0.6 is 0 Å². The van der Waals surface area contributed by atoms with Gasteiger partial charge in [-0.2, -0.15) is 13.2 Å². The van der Waals surface area contributed by atoms with Gasteiger partial charge in [-0.1, -0.05) is 18.2 Å². The van der Waals surface area contributed by atoms with Gasteiger partial charge in [0.15, 0.2) is 0 Å². The Balaban J connectivity index is 1.65. The van der Waals surface area contributed by atoms with Crippen LogP contribution in [0.15, 0.2) is 48.5 Å². The lowest BCUT2D eigenvalue weighted by Crippen LogP contribution is -2.38. The summed E-state index contributed by atoms with van der Waals surface area (Å²) in [6.07, 6.45) is -2.52. The summed E-state index contributed by atoms with van der Waals surface area (Å²) in [6.45, 7) is 6.45. The van der Waals surface area contributed by atoms with Gasteiger partial charge in [-0.25, -0.2) is 0 Å². The number of halogens is 3. The standard InChI is InChI=1S/C25H30F3N3O3/c1-3-22(29-2)21-17-20(8-9-23(21)34-15-12-31-10-13-33-14-11-31)30-24(32)16-18-4-6-19(7-5-18)25(26,27)28/h3-9,17,29H,10-16H2,1-2H3,(H,30,32)/b22-3-. The molecule has 0 aromatic heterocycles. The first-order valence-electron chi connectivity index (χ1n) is 11.2. The number of nitrogens with one attached hydrogen (secondary N) is 2. The second kappa shape index (κ2) is 11.9. The van der Waals surface area contributed by atoms with Crippen molar-refractivity contribution in [2.75, 3.05) is 51.8 Å². The van der Waals surface area contributed by atoms with E-state index < -0.39 is 11.7 Å². The Morgan fingerprint density at radius 1 is 1.15 bits per heavy atom. The number of allylic oxidation sites excluding steroid dienone is 1. The second-order valence-corrected chi connectivity index (χ2v) is 7.89. The Morgan fingerprint density at radius 2 is 1.85 bits per heavy atom. The first-order valence-corrected chi connectivity index (χ1v) is 11.2. The summed E-state index contributed by atoms with van der Waals surface area (Å²) in [5.41, 5.74) is 1.98. The summed E-state index contributed by atoms with van der Waals surface area (Å²) in [5.74, 6) is 0.370. The third kappa shape index (κ3) is 7.23. The van der Waals surface area contributed by atoms with Crippen LogP contribution in [-0.4, -0.2) is 57.3 Å². The zero-order valence-corrected chi connectivity index (χ0v) is 19.4. The molecule has 1 saturated heterocycles. The summed E-state index contributed by atoms with van der Waals surface area (Å²) in [7, 11) is 1.81. The van der Waals surface area contributed by atoms with Crippen LogP contribution in [-0.2, 0) is 22.1 Å². The summed E-state index contributed by atoms with van der Waals surface area (Å²) in [5, 5.41) is 5.96. The number of nitrogens with zero attached hydrogens (tertiary/aromatic N) is 1. The van der Waals surface area contributed by atoms with Gasteiger partial charge in [0, 0.05) is 43.6 Å². The largest absolute Gasteiger partial charge is 0.492 e. The topological polar surface area (TPSA) is 62.8 Å². The number of morpholine rings is 1. The van der Waals surface area contributed by atoms with Gasteiger partial charge in [0.2, 0.25) is 5.91 Å². The normalized spacial score (nSPS) is 15.1. The van der Waals surface area contributed by atoms with Crippen molar-refractivity contribution in [3.8, 4) is 5.75 Å². The van der Waals surface area contributed by atoms with Gasteiger partial charge < -0.3 is 20.1 Å². The number of ether oxygens (including phenoxy) is 2. The lowest BCUT2D eigenvalue weighted by Gasteiger charge is -2.26. The van der Waals surface area contributed by atoms with Crippen molar-refractivity contribution < 1.29 is 27.4 Å². The van der Waals surface area contributed by atoms with E-state index in [1.165, 1.54) is 12.1 Å². The fourth-order valence-corrected chi connectivity index (χ4v) is 3.69. The average molecular weight is 478 g/mol. The quantitative estimate of drug-likeness (QED) is 0.568. The molecule has 0 radical (unpaired) electrons. The van der Waals surface area contributed by atoms with Crippen molar-refractivity contribution in [2.24, 2.45) is 0 Å². The predicted molar refractivity (Wildman–Crippen MR) is 126 cm³/mol. The molecule has 2 N–H and O–H groups in total. The van der Waals surface area contributed by atoms with Crippen LogP contribution in [0, 0.1) is 0 Å². The lowest BCUT2D eigenvalue weighted by atomic mass is 10.1. The summed E-state index contributed by atoms with van der Waals surface area (Å²) >= 11 is 0. The van der Waals surface area contributed by atoms with Gasteiger partial charge in [0.25, 0.3) is 0 Å². The van der Waals surface area contributed by atoms with E-state index in [1.54, 1.807) is 6.07 Å². The Morgan fingerprint density at radius 3 is 2.47 bits per heavy atom. The van der Waals surface area contributed by atoms with Crippen molar-refractivity contribution in [1.29, 1.82) is 0 Å². The third-order valence-electron chi connectivity index (χ3n) is 5.53. The molecule has 0 atom stereocenters. The van der Waals surface area contributed by atoms with Crippen LogP contribution in [0.25, 0.3) is 5.70 Å². The number of carbonyl (C=O) groups is 1. The molecule has 0 spiro atoms. The fourth-order valence-electron chi connectivity index (χ4n) is 3.69. The van der Waals surface area contributed by atoms with E-state index in [0.717, 1.165) is 56.2 Å². The van der Waals surface area contributed by atoms with E-state index in [-0.39, 0.29) is 12.3 Å². The first kappa shape index (κ1) is 25.6. The molecular weight excluding hydrogens is 447 g/mol. The number of carbonyl (C=O) groups excluding carboxylic acids is 1. The van der Waals surface area contributed by atoms with E-state index in [2.05, 4.69) is 15.5 Å². The Bertz CT molecular complexity index is 985. The van der Waals surface area contributed by atoms with Gasteiger partial charge in [0.05, 0.1) is 25.2 Å². The number of alkyl halides is 3. The molecule has 2 aromatic rings. The highest BCUT2D eigenvalue weighted by Crippen LogP contribution is 2.30. The van der Waals surface area contributed by atoms with Gasteiger partial charge in [-0.05, 0) is 42.8 Å². The number of amides is 1. The lowest BCUT2D eigenvalue weighted by molar-refractivity contribution is -0.137. The van der Waals surface area contributed by atoms with E-state index in [9.17, 15) is 18.0 Å². The average Bonchev–Trinajstić information content (AvgIpc) is 2.81. The van der Waals surface area contributed by atoms with Crippen LogP contribution in [0.2, 0.25) is 0 Å². The molecule has 34 heavy (non-hydrogen) atoms. The van der Waals surface area contributed by atoms with E-state index in [0.29, 0.717) is 23.6 Å². The summed E-state index contributed by atoms with van der Waals surface area (Å²) in [4.78, 5) is 14.8. The van der Waals surface area contributed by atoms with Crippen LogP contribution < -0.4 is 15.4 Å². The van der Waals surface area contributed by atoms with Crippen molar-refractivity contribution >= 4 is 17.3 Å². The minimum Gasteiger partial charge on any atom is -0.492 e. The monoisotopic (exact) mass is 477 g/mol. The molecule has 184 valence electrons. The maximum Gasteiger partial charge on any atom is 0.416 e. The molecule has 9 heteroatoms. The molecule has 1 aliphatic rings. The Hall–Kier alpha value is -3.04. The van der Waals surface area contributed by atoms with Crippen LogP contribution in [0.4, 0.5) is 18.9 Å². The summed E-state index contributed by atoms with van der Waals surface area (Å²) in [6, 6.07) is 9.98. The van der Waals surface area contributed by atoms with Gasteiger partial charge in [-0.15, -0.1) is 0 Å². The number of anilines is 1. The molecule has 1 fully saturated rings. The highest BCUT2D eigenvalue weighted by atomic mass is 19.4. The van der Waals surface area contributed by atoms with Crippen molar-refractivity contribution in [3.05, 3.63) is 65.2 Å². The molecule has 0 bridgehead atoms. The molecule has 0 unspecified atom stereocenters. The zero-order valence-electron chi connectivity index (χ0n) is 19.4. The predicted octanol–water partition coefficient (Wildman–Crippen LogP) is 4.18. The highest BCUT2D eigenvalue weighted by Gasteiger charge is 2.30. The molecule has 1 heterocycles. The molecule has 0 aliphatic carbocycles.